The first-order valence-corrected chi connectivity index (χ1v) is 9.32. The molecule has 2 N–H and O–H groups in total. The third-order valence-corrected chi connectivity index (χ3v) is 5.03. The monoisotopic (exact) mass is 436 g/mol. The number of rotatable bonds is 5. The minimum Gasteiger partial charge on any atom is -0.487 e. The molecular formula is C21H26Cl2N4O2. The first-order chi connectivity index (χ1) is 13.1. The maximum absolute atomic E-state index is 12.8. The fourth-order valence-corrected chi connectivity index (χ4v) is 3.62. The van der Waals surface area contributed by atoms with Gasteiger partial charge in [0, 0.05) is 37.1 Å². The summed E-state index contributed by atoms with van der Waals surface area (Å²) in [6.45, 7) is 3.68. The predicted octanol–water partition coefficient (Wildman–Crippen LogP) is 3.63. The second-order valence-corrected chi connectivity index (χ2v) is 7.05. The number of hydrogen-bond acceptors (Lipinski definition) is 4. The van der Waals surface area contributed by atoms with E-state index >= 15 is 0 Å². The third kappa shape index (κ3) is 5.01. The molecule has 1 unspecified atom stereocenters. The van der Waals surface area contributed by atoms with Crippen LogP contribution in [-0.2, 0) is 6.61 Å². The molecule has 1 aromatic carbocycles. The van der Waals surface area contributed by atoms with Crippen molar-refractivity contribution in [3.8, 4) is 5.75 Å². The Labute approximate surface area is 182 Å². The van der Waals surface area contributed by atoms with E-state index in [4.69, 9.17) is 10.5 Å². The zero-order valence-electron chi connectivity index (χ0n) is 16.3. The molecule has 1 amide bonds. The lowest BCUT2D eigenvalue weighted by Gasteiger charge is -2.23. The summed E-state index contributed by atoms with van der Waals surface area (Å²) >= 11 is 0. The van der Waals surface area contributed by atoms with E-state index in [0.29, 0.717) is 24.5 Å². The van der Waals surface area contributed by atoms with Gasteiger partial charge in [0.05, 0.1) is 5.69 Å². The van der Waals surface area contributed by atoms with Crippen LogP contribution >= 0.6 is 24.8 Å². The van der Waals surface area contributed by atoms with Crippen LogP contribution < -0.4 is 10.5 Å². The number of fused-ring (bicyclic) bond motifs is 1. The average Bonchev–Trinajstić information content (AvgIpc) is 3.32. The summed E-state index contributed by atoms with van der Waals surface area (Å²) in [5.41, 5.74) is 9.35. The number of carbonyl (C=O) groups excluding carboxylic acids is 1. The normalized spacial score (nSPS) is 15.7. The number of carbonyl (C=O) groups is 1. The van der Waals surface area contributed by atoms with Crippen LogP contribution in [0.4, 0.5) is 0 Å². The van der Waals surface area contributed by atoms with Gasteiger partial charge in [0.15, 0.2) is 0 Å². The Hall–Kier alpha value is -2.28. The lowest BCUT2D eigenvalue weighted by atomic mass is 10.1. The largest absolute Gasteiger partial charge is 0.487 e. The standard InChI is InChI=1S/C21H24N4O2.2ClH/c1-15-7-8-20-23-17(13-24(20)12-15)14-27-19-6-2-4-16(10-19)21(26)25-9-3-5-18(25)11-22;;/h2,4,6-8,10,12-13,18H,3,5,9,11,14,22H2,1H3;2*1H. The SMILES string of the molecule is Cc1ccc2nc(COc3cccc(C(=O)N4CCCC4CN)c3)cn2c1.Cl.Cl. The Bertz CT molecular complexity index is 976. The van der Waals surface area contributed by atoms with E-state index in [2.05, 4.69) is 4.98 Å². The number of aromatic nitrogens is 2. The lowest BCUT2D eigenvalue weighted by molar-refractivity contribution is 0.0740. The smallest absolute Gasteiger partial charge is 0.254 e. The molecule has 1 saturated heterocycles. The predicted molar refractivity (Wildman–Crippen MR) is 118 cm³/mol. The van der Waals surface area contributed by atoms with E-state index in [-0.39, 0.29) is 36.8 Å². The second kappa shape index (κ2) is 9.96. The summed E-state index contributed by atoms with van der Waals surface area (Å²) in [4.78, 5) is 19.2. The minimum absolute atomic E-state index is 0. The average molecular weight is 437 g/mol. The fraction of sp³-hybridized carbons (Fsp3) is 0.333. The van der Waals surface area contributed by atoms with Crippen molar-refractivity contribution >= 4 is 36.4 Å². The van der Waals surface area contributed by atoms with Gasteiger partial charge in [0.2, 0.25) is 0 Å². The molecule has 1 aliphatic heterocycles. The highest BCUT2D eigenvalue weighted by atomic mass is 35.5. The number of halogens is 2. The van der Waals surface area contributed by atoms with Gasteiger partial charge in [-0.05, 0) is 49.6 Å². The first kappa shape index (κ1) is 23.0. The highest BCUT2D eigenvalue weighted by Crippen LogP contribution is 2.22. The molecule has 4 rings (SSSR count). The van der Waals surface area contributed by atoms with Crippen molar-refractivity contribution in [1.82, 2.24) is 14.3 Å². The highest BCUT2D eigenvalue weighted by Gasteiger charge is 2.28. The zero-order chi connectivity index (χ0) is 18.8. The van der Waals surface area contributed by atoms with Gasteiger partial charge >= 0.3 is 0 Å². The first-order valence-electron chi connectivity index (χ1n) is 9.32. The van der Waals surface area contributed by atoms with Gasteiger partial charge < -0.3 is 19.8 Å². The summed E-state index contributed by atoms with van der Waals surface area (Å²) in [7, 11) is 0. The molecule has 0 saturated carbocycles. The van der Waals surface area contributed by atoms with Gasteiger partial charge in [-0.2, -0.15) is 0 Å². The Kier molecular flexibility index (Phi) is 7.90. The van der Waals surface area contributed by atoms with E-state index in [9.17, 15) is 4.79 Å². The number of pyridine rings is 1. The Morgan fingerprint density at radius 3 is 2.86 bits per heavy atom. The van der Waals surface area contributed by atoms with Crippen molar-refractivity contribution in [3.63, 3.8) is 0 Å². The Balaban J connectivity index is 0.00000150. The van der Waals surface area contributed by atoms with Crippen molar-refractivity contribution in [2.45, 2.75) is 32.4 Å². The number of imidazole rings is 1. The molecule has 1 atom stereocenters. The molecule has 0 aliphatic carbocycles. The van der Waals surface area contributed by atoms with E-state index < -0.39 is 0 Å². The van der Waals surface area contributed by atoms with Crippen molar-refractivity contribution in [3.05, 3.63) is 65.6 Å². The van der Waals surface area contributed by atoms with E-state index in [1.165, 1.54) is 5.56 Å². The van der Waals surface area contributed by atoms with Crippen LogP contribution in [0.5, 0.6) is 5.75 Å². The zero-order valence-corrected chi connectivity index (χ0v) is 17.9. The number of ether oxygens (including phenoxy) is 1. The van der Waals surface area contributed by atoms with Gasteiger partial charge in [-0.25, -0.2) is 4.98 Å². The molecule has 29 heavy (non-hydrogen) atoms. The Morgan fingerprint density at radius 1 is 1.24 bits per heavy atom. The summed E-state index contributed by atoms with van der Waals surface area (Å²) < 4.78 is 7.88. The number of amides is 1. The van der Waals surface area contributed by atoms with Crippen molar-refractivity contribution in [2.75, 3.05) is 13.1 Å². The lowest BCUT2D eigenvalue weighted by Crippen LogP contribution is -2.39. The minimum atomic E-state index is 0. The molecule has 8 heteroatoms. The van der Waals surface area contributed by atoms with Crippen molar-refractivity contribution in [2.24, 2.45) is 5.73 Å². The molecule has 2 aromatic heterocycles. The molecule has 3 heterocycles. The van der Waals surface area contributed by atoms with Gasteiger partial charge in [-0.1, -0.05) is 12.1 Å². The molecule has 0 spiro atoms. The van der Waals surface area contributed by atoms with E-state index in [1.54, 1.807) is 6.07 Å². The molecule has 156 valence electrons. The number of aryl methyl sites for hydroxylation is 1. The van der Waals surface area contributed by atoms with Gasteiger partial charge in [0.25, 0.3) is 5.91 Å². The number of nitrogens with zero attached hydrogens (tertiary/aromatic N) is 3. The molecule has 3 aromatic rings. The van der Waals surface area contributed by atoms with Gasteiger partial charge in [-0.3, -0.25) is 4.79 Å². The van der Waals surface area contributed by atoms with Gasteiger partial charge in [0.1, 0.15) is 18.0 Å². The van der Waals surface area contributed by atoms with Crippen LogP contribution in [0.15, 0.2) is 48.8 Å². The summed E-state index contributed by atoms with van der Waals surface area (Å²) in [5.74, 6) is 0.689. The maximum Gasteiger partial charge on any atom is 0.254 e. The number of benzene rings is 1. The maximum atomic E-state index is 12.8. The molecule has 1 aliphatic rings. The van der Waals surface area contributed by atoms with Crippen LogP contribution in [0.3, 0.4) is 0 Å². The van der Waals surface area contributed by atoms with E-state index in [1.807, 2.05) is 58.9 Å². The van der Waals surface area contributed by atoms with Crippen molar-refractivity contribution in [1.29, 1.82) is 0 Å². The number of nitrogens with two attached hydrogens (primary N) is 1. The van der Waals surface area contributed by atoms with E-state index in [0.717, 1.165) is 30.7 Å². The Morgan fingerprint density at radius 2 is 2.07 bits per heavy atom. The molecule has 0 bridgehead atoms. The summed E-state index contributed by atoms with van der Waals surface area (Å²) in [5, 5.41) is 0. The molecule has 6 nitrogen and oxygen atoms in total. The molecule has 1 fully saturated rings. The highest BCUT2D eigenvalue weighted by molar-refractivity contribution is 5.95. The molecule has 0 radical (unpaired) electrons. The quantitative estimate of drug-likeness (QED) is 0.662. The van der Waals surface area contributed by atoms with Crippen LogP contribution in [0.1, 0.15) is 34.5 Å². The topological polar surface area (TPSA) is 72.9 Å². The number of hydrogen-bond donors (Lipinski definition) is 1. The van der Waals surface area contributed by atoms with Crippen LogP contribution in [0.2, 0.25) is 0 Å². The van der Waals surface area contributed by atoms with Gasteiger partial charge in [-0.15, -0.1) is 24.8 Å². The van der Waals surface area contributed by atoms with Crippen LogP contribution in [0, 0.1) is 6.92 Å². The summed E-state index contributed by atoms with van der Waals surface area (Å²) in [6.07, 6.45) is 5.99. The molecular weight excluding hydrogens is 411 g/mol. The van der Waals surface area contributed by atoms with Crippen LogP contribution in [0.25, 0.3) is 5.65 Å². The van der Waals surface area contributed by atoms with Crippen LogP contribution in [-0.4, -0.2) is 39.3 Å². The van der Waals surface area contributed by atoms with Crippen molar-refractivity contribution < 1.29 is 9.53 Å². The number of likely N-dealkylation sites (tertiary alicyclic amines) is 1. The third-order valence-electron chi connectivity index (χ3n) is 5.03. The summed E-state index contributed by atoms with van der Waals surface area (Å²) in [6, 6.07) is 11.5. The second-order valence-electron chi connectivity index (χ2n) is 7.05. The fourth-order valence-electron chi connectivity index (χ4n) is 3.62.